The number of fused-ring (bicyclic) bond motifs is 5. The molecule has 0 saturated carbocycles. The number of benzene rings is 1. The lowest BCUT2D eigenvalue weighted by Crippen LogP contribution is -2.14. The fraction of sp³-hybridized carbons (Fsp3) is 0.300. The summed E-state index contributed by atoms with van der Waals surface area (Å²) < 4.78 is 1.27. The molecule has 106 valence electrons. The van der Waals surface area contributed by atoms with Crippen molar-refractivity contribution in [3.8, 4) is 0 Å². The molecule has 0 spiro atoms. The maximum absolute atomic E-state index is 3.75. The van der Waals surface area contributed by atoms with E-state index in [4.69, 9.17) is 0 Å². The van der Waals surface area contributed by atoms with Gasteiger partial charge in [0.15, 0.2) is 0 Å². The van der Waals surface area contributed by atoms with Gasteiger partial charge in [-0.1, -0.05) is 71.4 Å². The van der Waals surface area contributed by atoms with Crippen LogP contribution in [0.1, 0.15) is 60.3 Å². The molecule has 0 fully saturated rings. The molecule has 3 aliphatic rings. The molecule has 0 N–H and O–H groups in total. The summed E-state index contributed by atoms with van der Waals surface area (Å²) in [6.45, 7) is 2.31. The van der Waals surface area contributed by atoms with Gasteiger partial charge in [-0.05, 0) is 53.0 Å². The summed E-state index contributed by atoms with van der Waals surface area (Å²) in [5.74, 6) is 1.22. The average molecular weight is 339 g/mol. The molecule has 0 radical (unpaired) electrons. The van der Waals surface area contributed by atoms with Gasteiger partial charge in [-0.2, -0.15) is 0 Å². The molecule has 2 atom stereocenters. The second kappa shape index (κ2) is 5.14. The summed E-state index contributed by atoms with van der Waals surface area (Å²) in [6.07, 6.45) is 17.3. The van der Waals surface area contributed by atoms with E-state index in [9.17, 15) is 0 Å². The molecule has 2 unspecified atom stereocenters. The van der Waals surface area contributed by atoms with Crippen molar-refractivity contribution in [2.45, 2.75) is 38.0 Å². The molecule has 1 aromatic rings. The van der Waals surface area contributed by atoms with Gasteiger partial charge in [0.2, 0.25) is 0 Å². The molecule has 0 aliphatic heterocycles. The van der Waals surface area contributed by atoms with Gasteiger partial charge in [0.1, 0.15) is 0 Å². The van der Waals surface area contributed by atoms with Crippen LogP contribution < -0.4 is 0 Å². The second-order valence-corrected chi connectivity index (χ2v) is 6.99. The third-order valence-electron chi connectivity index (χ3n) is 5.08. The van der Waals surface area contributed by atoms with Crippen molar-refractivity contribution in [1.29, 1.82) is 0 Å². The Bertz CT molecular complexity index is 716. The molecule has 1 heteroatoms. The summed E-state index contributed by atoms with van der Waals surface area (Å²) in [4.78, 5) is 0. The molecule has 0 saturated heterocycles. The second-order valence-electron chi connectivity index (χ2n) is 6.14. The first-order chi connectivity index (χ1) is 10.3. The monoisotopic (exact) mass is 338 g/mol. The van der Waals surface area contributed by atoms with E-state index in [0.29, 0.717) is 11.8 Å². The lowest BCUT2D eigenvalue weighted by molar-refractivity contribution is 0.662. The number of hydrogen-bond donors (Lipinski definition) is 0. The van der Waals surface area contributed by atoms with Crippen molar-refractivity contribution in [1.82, 2.24) is 0 Å². The third kappa shape index (κ3) is 2.02. The summed E-state index contributed by atoms with van der Waals surface area (Å²) in [7, 11) is 0. The van der Waals surface area contributed by atoms with Crippen LogP contribution in [-0.2, 0) is 0 Å². The Morgan fingerprint density at radius 2 is 2.10 bits per heavy atom. The summed E-state index contributed by atoms with van der Waals surface area (Å²) in [5, 5.41) is 0. The SMILES string of the molecule is CCC1CC=C(Br)c2ccc3c(c21)C=CC1=CC=CCC13. The number of allylic oxidation sites excluding steroid dienone is 6. The highest BCUT2D eigenvalue weighted by molar-refractivity contribution is 9.15. The van der Waals surface area contributed by atoms with Gasteiger partial charge in [-0.3, -0.25) is 0 Å². The summed E-state index contributed by atoms with van der Waals surface area (Å²) >= 11 is 3.75. The molecule has 0 bridgehead atoms. The quantitative estimate of drug-likeness (QED) is 0.562. The first-order valence-electron chi connectivity index (χ1n) is 7.87. The van der Waals surface area contributed by atoms with Crippen LogP contribution in [0.3, 0.4) is 0 Å². The van der Waals surface area contributed by atoms with E-state index in [1.54, 1.807) is 5.56 Å². The normalized spacial score (nSPS) is 25.6. The lowest BCUT2D eigenvalue weighted by atomic mass is 9.73. The van der Waals surface area contributed by atoms with E-state index in [-0.39, 0.29) is 0 Å². The molecule has 3 aliphatic carbocycles. The van der Waals surface area contributed by atoms with Gasteiger partial charge in [-0.25, -0.2) is 0 Å². The molecular formula is C20H19Br. The fourth-order valence-corrected chi connectivity index (χ4v) is 4.47. The van der Waals surface area contributed by atoms with Crippen molar-refractivity contribution < 1.29 is 0 Å². The molecule has 0 amide bonds. The van der Waals surface area contributed by atoms with Gasteiger partial charge in [-0.15, -0.1) is 0 Å². The van der Waals surface area contributed by atoms with Crippen molar-refractivity contribution >= 4 is 26.5 Å². The van der Waals surface area contributed by atoms with Crippen LogP contribution in [0, 0.1) is 0 Å². The van der Waals surface area contributed by atoms with Crippen molar-refractivity contribution in [3.63, 3.8) is 0 Å². The zero-order chi connectivity index (χ0) is 14.4. The Morgan fingerprint density at radius 3 is 2.95 bits per heavy atom. The Labute approximate surface area is 135 Å². The largest absolute Gasteiger partial charge is 0.0836 e. The maximum Gasteiger partial charge on any atom is 0.0211 e. The fourth-order valence-electron chi connectivity index (χ4n) is 3.94. The van der Waals surface area contributed by atoms with Gasteiger partial charge in [0, 0.05) is 10.4 Å². The number of hydrogen-bond acceptors (Lipinski definition) is 0. The topological polar surface area (TPSA) is 0 Å². The van der Waals surface area contributed by atoms with Crippen LogP contribution in [0.25, 0.3) is 10.6 Å². The standard InChI is InChI=1S/C20H19Br/c1-2-13-8-12-19(21)18-11-10-16-15-6-4-3-5-14(15)7-9-17(16)20(13)18/h3-5,7,9-13,15H,2,6,8H2,1H3. The molecule has 0 aromatic heterocycles. The van der Waals surface area contributed by atoms with Crippen LogP contribution in [0.5, 0.6) is 0 Å². The van der Waals surface area contributed by atoms with Crippen molar-refractivity contribution in [2.75, 3.05) is 0 Å². The highest BCUT2D eigenvalue weighted by atomic mass is 79.9. The van der Waals surface area contributed by atoms with Gasteiger partial charge < -0.3 is 0 Å². The Morgan fingerprint density at radius 1 is 1.19 bits per heavy atom. The van der Waals surface area contributed by atoms with E-state index in [1.807, 2.05) is 0 Å². The first-order valence-corrected chi connectivity index (χ1v) is 8.66. The van der Waals surface area contributed by atoms with Crippen molar-refractivity contribution in [2.24, 2.45) is 0 Å². The minimum Gasteiger partial charge on any atom is -0.0836 e. The minimum absolute atomic E-state index is 0.558. The third-order valence-corrected chi connectivity index (χ3v) is 5.83. The van der Waals surface area contributed by atoms with Gasteiger partial charge in [0.25, 0.3) is 0 Å². The highest BCUT2D eigenvalue weighted by Gasteiger charge is 2.28. The number of halogens is 1. The smallest absolute Gasteiger partial charge is 0.0211 e. The van der Waals surface area contributed by atoms with E-state index < -0.39 is 0 Å². The lowest BCUT2D eigenvalue weighted by Gasteiger charge is -2.32. The van der Waals surface area contributed by atoms with E-state index in [0.717, 1.165) is 12.8 Å². The molecule has 4 rings (SSSR count). The van der Waals surface area contributed by atoms with Gasteiger partial charge in [0.05, 0.1) is 0 Å². The van der Waals surface area contributed by atoms with Gasteiger partial charge >= 0.3 is 0 Å². The van der Waals surface area contributed by atoms with Crippen LogP contribution in [-0.4, -0.2) is 0 Å². The zero-order valence-electron chi connectivity index (χ0n) is 12.3. The van der Waals surface area contributed by atoms with Crippen LogP contribution in [0.2, 0.25) is 0 Å². The predicted molar refractivity (Wildman–Crippen MR) is 94.6 cm³/mol. The van der Waals surface area contributed by atoms with Crippen LogP contribution >= 0.6 is 15.9 Å². The maximum atomic E-state index is 3.75. The Hall–Kier alpha value is -1.34. The Kier molecular flexibility index (Phi) is 3.26. The minimum atomic E-state index is 0.558. The average Bonchev–Trinajstić information content (AvgIpc) is 2.54. The molecule has 0 heterocycles. The van der Waals surface area contributed by atoms with Crippen LogP contribution in [0.15, 0.2) is 48.1 Å². The summed E-state index contributed by atoms with van der Waals surface area (Å²) in [5.41, 5.74) is 7.43. The molecule has 21 heavy (non-hydrogen) atoms. The molecule has 1 aromatic carbocycles. The summed E-state index contributed by atoms with van der Waals surface area (Å²) in [6, 6.07) is 4.67. The van der Waals surface area contributed by atoms with Crippen LogP contribution in [0.4, 0.5) is 0 Å². The Balaban J connectivity index is 1.94. The predicted octanol–water partition coefficient (Wildman–Crippen LogP) is 6.32. The van der Waals surface area contributed by atoms with Crippen molar-refractivity contribution in [3.05, 3.63) is 70.3 Å². The van der Waals surface area contributed by atoms with E-state index >= 15 is 0 Å². The first kappa shape index (κ1) is 13.3. The zero-order valence-corrected chi connectivity index (χ0v) is 13.9. The van der Waals surface area contributed by atoms with E-state index in [2.05, 4.69) is 71.4 Å². The van der Waals surface area contributed by atoms with E-state index in [1.165, 1.54) is 33.2 Å². The number of rotatable bonds is 1. The highest BCUT2D eigenvalue weighted by Crippen LogP contribution is 2.47. The molecular weight excluding hydrogens is 320 g/mol. The molecule has 0 nitrogen and oxygen atoms in total.